The number of hydrogen-bond donors (Lipinski definition) is 1. The van der Waals surface area contributed by atoms with Crippen LogP contribution in [-0.4, -0.2) is 43.7 Å². The van der Waals surface area contributed by atoms with Gasteiger partial charge in [-0.25, -0.2) is 8.78 Å². The number of nitrogens with two attached hydrogens (primary N) is 1. The molecule has 0 fully saturated rings. The molecule has 86 valence electrons. The Balaban J connectivity index is 4.33. The fourth-order valence-electron chi connectivity index (χ4n) is 1.14. The second kappa shape index (κ2) is 5.45. The van der Waals surface area contributed by atoms with Gasteiger partial charge in [0.2, 0.25) is 0 Å². The van der Waals surface area contributed by atoms with E-state index < -0.39 is 25.2 Å². The molecule has 0 rings (SSSR count). The van der Waals surface area contributed by atoms with Gasteiger partial charge in [-0.2, -0.15) is 13.2 Å². The SMILES string of the molecule is CN(CC(F)F)C(CCN)C(F)(F)F. The molecule has 0 spiro atoms. The van der Waals surface area contributed by atoms with Gasteiger partial charge in [0.05, 0.1) is 6.54 Å². The molecule has 0 amide bonds. The lowest BCUT2D eigenvalue weighted by Gasteiger charge is -2.29. The molecule has 0 aromatic carbocycles. The van der Waals surface area contributed by atoms with Crippen LogP contribution in [0.25, 0.3) is 0 Å². The van der Waals surface area contributed by atoms with Crippen LogP contribution in [0.2, 0.25) is 0 Å². The average Bonchev–Trinajstić information content (AvgIpc) is 1.96. The zero-order chi connectivity index (χ0) is 11.4. The maximum Gasteiger partial charge on any atom is 0.404 e. The van der Waals surface area contributed by atoms with E-state index in [1.54, 1.807) is 0 Å². The van der Waals surface area contributed by atoms with Crippen LogP contribution in [0.4, 0.5) is 22.0 Å². The molecule has 0 saturated carbocycles. The normalized spacial score (nSPS) is 15.2. The van der Waals surface area contributed by atoms with Crippen molar-refractivity contribution >= 4 is 0 Å². The molecule has 0 aromatic rings. The highest BCUT2D eigenvalue weighted by atomic mass is 19.4. The van der Waals surface area contributed by atoms with Gasteiger partial charge in [-0.05, 0) is 20.0 Å². The molecule has 0 bridgehead atoms. The highest BCUT2D eigenvalue weighted by Gasteiger charge is 2.42. The van der Waals surface area contributed by atoms with E-state index in [2.05, 4.69) is 0 Å². The first-order chi connectivity index (χ1) is 6.29. The molecule has 14 heavy (non-hydrogen) atoms. The molecule has 1 unspecified atom stereocenters. The van der Waals surface area contributed by atoms with Crippen molar-refractivity contribution in [2.45, 2.75) is 25.1 Å². The number of halogens is 5. The maximum absolute atomic E-state index is 12.3. The molecule has 2 N–H and O–H groups in total. The minimum atomic E-state index is -4.51. The lowest BCUT2D eigenvalue weighted by molar-refractivity contribution is -0.184. The van der Waals surface area contributed by atoms with E-state index in [9.17, 15) is 22.0 Å². The Morgan fingerprint density at radius 1 is 1.29 bits per heavy atom. The van der Waals surface area contributed by atoms with E-state index in [0.717, 1.165) is 7.05 Å². The molecular formula is C7H13F5N2. The van der Waals surface area contributed by atoms with Crippen molar-refractivity contribution in [2.75, 3.05) is 20.1 Å². The quantitative estimate of drug-likeness (QED) is 0.711. The van der Waals surface area contributed by atoms with Crippen molar-refractivity contribution in [1.29, 1.82) is 0 Å². The zero-order valence-corrected chi connectivity index (χ0v) is 7.69. The van der Waals surface area contributed by atoms with Crippen molar-refractivity contribution in [3.8, 4) is 0 Å². The van der Waals surface area contributed by atoms with E-state index in [4.69, 9.17) is 5.73 Å². The summed E-state index contributed by atoms with van der Waals surface area (Å²) < 4.78 is 60.5. The summed E-state index contributed by atoms with van der Waals surface area (Å²) in [5.41, 5.74) is 4.98. The van der Waals surface area contributed by atoms with Crippen LogP contribution in [0.3, 0.4) is 0 Å². The second-order valence-corrected chi connectivity index (χ2v) is 2.97. The fraction of sp³-hybridized carbons (Fsp3) is 1.00. The van der Waals surface area contributed by atoms with Gasteiger partial charge < -0.3 is 5.73 Å². The highest BCUT2D eigenvalue weighted by Crippen LogP contribution is 2.26. The Kier molecular flexibility index (Phi) is 5.28. The van der Waals surface area contributed by atoms with Crippen LogP contribution in [0, 0.1) is 0 Å². The van der Waals surface area contributed by atoms with Crippen molar-refractivity contribution in [3.05, 3.63) is 0 Å². The lowest BCUT2D eigenvalue weighted by Crippen LogP contribution is -2.46. The van der Waals surface area contributed by atoms with E-state index in [1.807, 2.05) is 0 Å². The first kappa shape index (κ1) is 13.6. The van der Waals surface area contributed by atoms with Gasteiger partial charge in [-0.3, -0.25) is 4.90 Å². The Bertz CT molecular complexity index is 159. The summed E-state index contributed by atoms with van der Waals surface area (Å²) in [4.78, 5) is 0.581. The minimum Gasteiger partial charge on any atom is -0.330 e. The van der Waals surface area contributed by atoms with E-state index in [1.165, 1.54) is 0 Å². The third kappa shape index (κ3) is 4.71. The van der Waals surface area contributed by atoms with Gasteiger partial charge in [-0.15, -0.1) is 0 Å². The van der Waals surface area contributed by atoms with Crippen LogP contribution in [-0.2, 0) is 0 Å². The molecule has 0 aromatic heterocycles. The van der Waals surface area contributed by atoms with Crippen molar-refractivity contribution in [1.82, 2.24) is 4.90 Å². The Morgan fingerprint density at radius 3 is 2.07 bits per heavy atom. The van der Waals surface area contributed by atoms with Crippen molar-refractivity contribution in [3.63, 3.8) is 0 Å². The topological polar surface area (TPSA) is 29.3 Å². The average molecular weight is 220 g/mol. The summed E-state index contributed by atoms with van der Waals surface area (Å²) in [6.45, 7) is -1.08. The molecule has 2 nitrogen and oxygen atoms in total. The molecular weight excluding hydrogens is 207 g/mol. The highest BCUT2D eigenvalue weighted by molar-refractivity contribution is 4.77. The van der Waals surface area contributed by atoms with Gasteiger partial charge in [0.25, 0.3) is 6.43 Å². The summed E-state index contributed by atoms with van der Waals surface area (Å²) in [6.07, 6.45) is -7.65. The van der Waals surface area contributed by atoms with Gasteiger partial charge >= 0.3 is 6.18 Å². The fourth-order valence-corrected chi connectivity index (χ4v) is 1.14. The predicted molar refractivity (Wildman–Crippen MR) is 42.1 cm³/mol. The molecule has 0 saturated heterocycles. The van der Waals surface area contributed by atoms with Gasteiger partial charge in [-0.1, -0.05) is 0 Å². The number of rotatable bonds is 5. The summed E-state index contributed by atoms with van der Waals surface area (Å²) in [6, 6.07) is -1.89. The van der Waals surface area contributed by atoms with Crippen LogP contribution < -0.4 is 5.73 Å². The summed E-state index contributed by atoms with van der Waals surface area (Å²) in [5.74, 6) is 0. The van der Waals surface area contributed by atoms with Crippen molar-refractivity contribution in [2.24, 2.45) is 5.73 Å². The summed E-state index contributed by atoms with van der Waals surface area (Å²) in [5, 5.41) is 0. The van der Waals surface area contributed by atoms with Gasteiger partial charge in [0.15, 0.2) is 0 Å². The zero-order valence-electron chi connectivity index (χ0n) is 7.69. The largest absolute Gasteiger partial charge is 0.404 e. The first-order valence-electron chi connectivity index (χ1n) is 4.04. The van der Waals surface area contributed by atoms with E-state index >= 15 is 0 Å². The van der Waals surface area contributed by atoms with Gasteiger partial charge in [0.1, 0.15) is 6.04 Å². The van der Waals surface area contributed by atoms with Crippen LogP contribution in [0.15, 0.2) is 0 Å². The number of hydrogen-bond acceptors (Lipinski definition) is 2. The minimum absolute atomic E-state index is 0.183. The summed E-state index contributed by atoms with van der Waals surface area (Å²) in [7, 11) is 1.01. The monoisotopic (exact) mass is 220 g/mol. The molecule has 0 radical (unpaired) electrons. The Morgan fingerprint density at radius 2 is 1.79 bits per heavy atom. The molecule has 0 aliphatic carbocycles. The molecule has 0 aliphatic heterocycles. The van der Waals surface area contributed by atoms with Gasteiger partial charge in [0, 0.05) is 0 Å². The predicted octanol–water partition coefficient (Wildman–Crippen LogP) is 1.46. The van der Waals surface area contributed by atoms with Crippen LogP contribution in [0.1, 0.15) is 6.42 Å². The van der Waals surface area contributed by atoms with E-state index in [0.29, 0.717) is 4.90 Å². The lowest BCUT2D eigenvalue weighted by atomic mass is 10.2. The Hall–Kier alpha value is -0.430. The standard InChI is InChI=1S/C7H13F5N2/c1-14(4-6(8)9)5(2-3-13)7(10,11)12/h5-6H,2-4,13H2,1H3. The third-order valence-corrected chi connectivity index (χ3v) is 1.78. The van der Waals surface area contributed by atoms with Crippen LogP contribution in [0.5, 0.6) is 0 Å². The molecule has 0 heterocycles. The van der Waals surface area contributed by atoms with E-state index in [-0.39, 0.29) is 13.0 Å². The van der Waals surface area contributed by atoms with Crippen molar-refractivity contribution < 1.29 is 22.0 Å². The third-order valence-electron chi connectivity index (χ3n) is 1.78. The summed E-state index contributed by atoms with van der Waals surface area (Å²) >= 11 is 0. The molecule has 0 aliphatic rings. The number of alkyl halides is 5. The van der Waals surface area contributed by atoms with Crippen LogP contribution >= 0.6 is 0 Å². The smallest absolute Gasteiger partial charge is 0.330 e. The molecule has 1 atom stereocenters. The number of nitrogens with zero attached hydrogens (tertiary/aromatic N) is 1. The maximum atomic E-state index is 12.3. The second-order valence-electron chi connectivity index (χ2n) is 2.97. The Labute approximate surface area is 78.9 Å². The molecule has 7 heteroatoms. The first-order valence-corrected chi connectivity index (χ1v) is 4.04.